The van der Waals surface area contributed by atoms with Crippen LogP contribution in [0, 0.1) is 0 Å². The molecule has 0 radical (unpaired) electrons. The maximum atomic E-state index is 12.5. The van der Waals surface area contributed by atoms with Gasteiger partial charge in [0.05, 0.1) is 5.92 Å². The van der Waals surface area contributed by atoms with Crippen molar-refractivity contribution < 1.29 is 4.79 Å². The van der Waals surface area contributed by atoms with E-state index in [1.54, 1.807) is 0 Å². The van der Waals surface area contributed by atoms with Gasteiger partial charge in [-0.3, -0.25) is 4.79 Å². The van der Waals surface area contributed by atoms with Gasteiger partial charge in [0, 0.05) is 12.6 Å². The van der Waals surface area contributed by atoms with E-state index in [2.05, 4.69) is 5.32 Å². The van der Waals surface area contributed by atoms with E-state index in [-0.39, 0.29) is 24.2 Å². The standard InChI is InChI=1S/C17H26N2O.ClH/c18-13-16(14-9-5-4-6-10-14)17(20)19-15-11-7-2-1-3-8-12-15;/h4-6,9-10,15-16H,1-3,7-8,11-13,18H2,(H,19,20);1H. The Kier molecular flexibility index (Phi) is 8.40. The smallest absolute Gasteiger partial charge is 0.229 e. The van der Waals surface area contributed by atoms with Crippen molar-refractivity contribution in [1.82, 2.24) is 5.32 Å². The Morgan fingerprint density at radius 1 is 1.10 bits per heavy atom. The first-order valence-corrected chi connectivity index (χ1v) is 7.86. The van der Waals surface area contributed by atoms with Crippen LogP contribution >= 0.6 is 12.4 Å². The highest BCUT2D eigenvalue weighted by Crippen LogP contribution is 2.19. The summed E-state index contributed by atoms with van der Waals surface area (Å²) in [4.78, 5) is 12.5. The van der Waals surface area contributed by atoms with Crippen LogP contribution in [0.5, 0.6) is 0 Å². The lowest BCUT2D eigenvalue weighted by atomic mass is 9.94. The molecule has 21 heavy (non-hydrogen) atoms. The molecule has 3 N–H and O–H groups in total. The molecule has 4 heteroatoms. The molecule has 2 rings (SSSR count). The van der Waals surface area contributed by atoms with Crippen LogP contribution in [0.4, 0.5) is 0 Å². The van der Waals surface area contributed by atoms with Crippen LogP contribution in [0.2, 0.25) is 0 Å². The van der Waals surface area contributed by atoms with Gasteiger partial charge < -0.3 is 11.1 Å². The number of halogens is 1. The molecule has 0 saturated heterocycles. The second kappa shape index (κ2) is 9.80. The van der Waals surface area contributed by atoms with E-state index >= 15 is 0 Å². The molecule has 118 valence electrons. The van der Waals surface area contributed by atoms with Crippen LogP contribution < -0.4 is 11.1 Å². The minimum absolute atomic E-state index is 0. The SMILES string of the molecule is Cl.NCC(C(=O)NC1CCCCCCC1)c1ccccc1. The number of hydrogen-bond acceptors (Lipinski definition) is 2. The topological polar surface area (TPSA) is 55.1 Å². The molecule has 0 aliphatic heterocycles. The number of amides is 1. The van der Waals surface area contributed by atoms with Crippen molar-refractivity contribution in [2.45, 2.75) is 56.9 Å². The minimum atomic E-state index is -0.221. The zero-order valence-electron chi connectivity index (χ0n) is 12.6. The van der Waals surface area contributed by atoms with Gasteiger partial charge in [0.25, 0.3) is 0 Å². The Morgan fingerprint density at radius 2 is 1.67 bits per heavy atom. The number of nitrogens with two attached hydrogens (primary N) is 1. The highest BCUT2D eigenvalue weighted by Gasteiger charge is 2.22. The number of hydrogen-bond donors (Lipinski definition) is 2. The third kappa shape index (κ3) is 5.68. The second-order valence-corrected chi connectivity index (χ2v) is 5.75. The fourth-order valence-electron chi connectivity index (χ4n) is 2.98. The van der Waals surface area contributed by atoms with Crippen LogP contribution in [0.15, 0.2) is 30.3 Å². The molecule has 1 saturated carbocycles. The molecule has 1 unspecified atom stereocenters. The monoisotopic (exact) mass is 310 g/mol. The van der Waals surface area contributed by atoms with Crippen LogP contribution in [0.25, 0.3) is 0 Å². The fraction of sp³-hybridized carbons (Fsp3) is 0.588. The Morgan fingerprint density at radius 3 is 2.24 bits per heavy atom. The fourth-order valence-corrected chi connectivity index (χ4v) is 2.98. The molecule has 1 aliphatic carbocycles. The van der Waals surface area contributed by atoms with Gasteiger partial charge in [0.15, 0.2) is 0 Å². The van der Waals surface area contributed by atoms with Gasteiger partial charge in [0.2, 0.25) is 5.91 Å². The molecule has 1 aromatic carbocycles. The Hall–Kier alpha value is -1.06. The summed E-state index contributed by atoms with van der Waals surface area (Å²) in [5, 5.41) is 3.22. The molecule has 0 aromatic heterocycles. The molecule has 1 aromatic rings. The van der Waals surface area contributed by atoms with Crippen molar-refractivity contribution in [3.05, 3.63) is 35.9 Å². The summed E-state index contributed by atoms with van der Waals surface area (Å²) in [5.74, 6) is -0.133. The average molecular weight is 311 g/mol. The molecule has 3 nitrogen and oxygen atoms in total. The number of carbonyl (C=O) groups is 1. The Labute approximate surface area is 134 Å². The molecule has 1 aliphatic rings. The molecule has 0 bridgehead atoms. The minimum Gasteiger partial charge on any atom is -0.353 e. The van der Waals surface area contributed by atoms with Crippen LogP contribution in [0.1, 0.15) is 56.4 Å². The first-order valence-electron chi connectivity index (χ1n) is 7.86. The van der Waals surface area contributed by atoms with E-state index in [1.807, 2.05) is 30.3 Å². The number of nitrogens with one attached hydrogen (secondary N) is 1. The quantitative estimate of drug-likeness (QED) is 0.895. The molecule has 0 spiro atoms. The van der Waals surface area contributed by atoms with Crippen LogP contribution in [-0.4, -0.2) is 18.5 Å². The number of carbonyl (C=O) groups excluding carboxylic acids is 1. The number of rotatable bonds is 4. The largest absolute Gasteiger partial charge is 0.353 e. The predicted octanol–water partition coefficient (Wildman–Crippen LogP) is 3.38. The van der Waals surface area contributed by atoms with E-state index in [0.717, 1.165) is 18.4 Å². The van der Waals surface area contributed by atoms with Gasteiger partial charge in [-0.25, -0.2) is 0 Å². The van der Waals surface area contributed by atoms with E-state index in [1.165, 1.54) is 32.1 Å². The summed E-state index contributed by atoms with van der Waals surface area (Å²) in [6, 6.07) is 10.2. The van der Waals surface area contributed by atoms with Crippen molar-refractivity contribution in [2.75, 3.05) is 6.54 Å². The summed E-state index contributed by atoms with van der Waals surface area (Å²) < 4.78 is 0. The zero-order chi connectivity index (χ0) is 14.2. The van der Waals surface area contributed by atoms with Gasteiger partial charge in [0.1, 0.15) is 0 Å². The van der Waals surface area contributed by atoms with Crippen molar-refractivity contribution in [2.24, 2.45) is 5.73 Å². The summed E-state index contributed by atoms with van der Waals surface area (Å²) in [6.07, 6.45) is 8.61. The summed E-state index contributed by atoms with van der Waals surface area (Å²) in [6.45, 7) is 0.364. The normalized spacial score (nSPS) is 18.0. The molecule has 0 heterocycles. The van der Waals surface area contributed by atoms with Gasteiger partial charge in [-0.1, -0.05) is 62.4 Å². The van der Waals surface area contributed by atoms with E-state index < -0.39 is 0 Å². The van der Waals surface area contributed by atoms with Gasteiger partial charge in [-0.15, -0.1) is 12.4 Å². The average Bonchev–Trinajstić information content (AvgIpc) is 2.44. The Bertz CT molecular complexity index is 403. The molecular formula is C17H27ClN2O. The zero-order valence-corrected chi connectivity index (χ0v) is 13.4. The predicted molar refractivity (Wildman–Crippen MR) is 89.7 cm³/mol. The van der Waals surface area contributed by atoms with Crippen molar-refractivity contribution in [3.8, 4) is 0 Å². The van der Waals surface area contributed by atoms with Crippen molar-refractivity contribution in [3.63, 3.8) is 0 Å². The maximum absolute atomic E-state index is 12.5. The molecule has 1 atom stereocenters. The molecule has 1 fully saturated rings. The third-order valence-electron chi connectivity index (χ3n) is 4.21. The lowest BCUT2D eigenvalue weighted by molar-refractivity contribution is -0.123. The van der Waals surface area contributed by atoms with Gasteiger partial charge >= 0.3 is 0 Å². The van der Waals surface area contributed by atoms with Crippen LogP contribution in [-0.2, 0) is 4.79 Å². The molecular weight excluding hydrogens is 284 g/mol. The van der Waals surface area contributed by atoms with E-state index in [0.29, 0.717) is 12.6 Å². The number of benzene rings is 1. The first-order chi connectivity index (χ1) is 9.81. The second-order valence-electron chi connectivity index (χ2n) is 5.75. The highest BCUT2D eigenvalue weighted by molar-refractivity contribution is 5.85. The Balaban J connectivity index is 0.00000220. The van der Waals surface area contributed by atoms with Crippen molar-refractivity contribution >= 4 is 18.3 Å². The summed E-state index contributed by atoms with van der Waals surface area (Å²) in [5.41, 5.74) is 6.82. The molecule has 1 amide bonds. The summed E-state index contributed by atoms with van der Waals surface area (Å²) in [7, 11) is 0. The lowest BCUT2D eigenvalue weighted by Gasteiger charge is -2.24. The van der Waals surface area contributed by atoms with Gasteiger partial charge in [-0.05, 0) is 18.4 Å². The summed E-state index contributed by atoms with van der Waals surface area (Å²) >= 11 is 0. The van der Waals surface area contributed by atoms with Gasteiger partial charge in [-0.2, -0.15) is 0 Å². The van der Waals surface area contributed by atoms with E-state index in [4.69, 9.17) is 5.73 Å². The lowest BCUT2D eigenvalue weighted by Crippen LogP contribution is -2.40. The third-order valence-corrected chi connectivity index (χ3v) is 4.21. The van der Waals surface area contributed by atoms with Crippen molar-refractivity contribution in [1.29, 1.82) is 0 Å². The van der Waals surface area contributed by atoms with Crippen LogP contribution in [0.3, 0.4) is 0 Å². The first kappa shape index (κ1) is 18.0. The highest BCUT2D eigenvalue weighted by atomic mass is 35.5. The maximum Gasteiger partial charge on any atom is 0.229 e. The van der Waals surface area contributed by atoms with E-state index in [9.17, 15) is 4.79 Å².